The number of halogens is 1. The van der Waals surface area contributed by atoms with E-state index in [4.69, 9.17) is 0 Å². The molecule has 3 aromatic rings. The molecule has 18 heavy (non-hydrogen) atoms. The van der Waals surface area contributed by atoms with E-state index in [2.05, 4.69) is 15.1 Å². The van der Waals surface area contributed by atoms with Gasteiger partial charge in [-0.1, -0.05) is 0 Å². The predicted octanol–water partition coefficient (Wildman–Crippen LogP) is 1.56. The third-order valence-corrected chi connectivity index (χ3v) is 2.76. The van der Waals surface area contributed by atoms with Crippen LogP contribution in [0.2, 0.25) is 0 Å². The van der Waals surface area contributed by atoms with E-state index in [1.165, 1.54) is 23.3 Å². The molecule has 3 rings (SSSR count). The van der Waals surface area contributed by atoms with Gasteiger partial charge in [0.1, 0.15) is 11.2 Å². The van der Waals surface area contributed by atoms with E-state index in [0.29, 0.717) is 22.3 Å². The third kappa shape index (κ3) is 1.50. The molecule has 0 aliphatic heterocycles. The van der Waals surface area contributed by atoms with Crippen molar-refractivity contribution >= 4 is 11.0 Å². The number of hydrogen-bond donors (Lipinski definition) is 1. The summed E-state index contributed by atoms with van der Waals surface area (Å²) >= 11 is 0. The molecule has 0 unspecified atom stereocenters. The fourth-order valence-electron chi connectivity index (χ4n) is 1.81. The van der Waals surface area contributed by atoms with Gasteiger partial charge in [-0.25, -0.2) is 14.1 Å². The largest absolute Gasteiger partial charge is 0.312 e. The average molecular weight is 244 g/mol. The molecule has 0 spiro atoms. The first kappa shape index (κ1) is 10.6. The maximum atomic E-state index is 13.2. The van der Waals surface area contributed by atoms with E-state index in [9.17, 15) is 9.18 Å². The predicted molar refractivity (Wildman–Crippen MR) is 64.2 cm³/mol. The zero-order valence-corrected chi connectivity index (χ0v) is 9.51. The number of H-pyrrole nitrogens is 1. The molecule has 0 saturated carbocycles. The van der Waals surface area contributed by atoms with Crippen LogP contribution in [0, 0.1) is 12.7 Å². The monoisotopic (exact) mass is 244 g/mol. The molecule has 6 heteroatoms. The highest BCUT2D eigenvalue weighted by Gasteiger charge is 2.09. The summed E-state index contributed by atoms with van der Waals surface area (Å²) < 4.78 is 14.7. The lowest BCUT2D eigenvalue weighted by atomic mass is 10.2. The number of fused-ring (bicyclic) bond motifs is 1. The Morgan fingerprint density at radius 1 is 1.39 bits per heavy atom. The molecular weight excluding hydrogens is 235 g/mol. The number of rotatable bonds is 1. The maximum absolute atomic E-state index is 13.2. The molecular formula is C12H9FN4O. The van der Waals surface area contributed by atoms with E-state index in [-0.39, 0.29) is 11.4 Å². The van der Waals surface area contributed by atoms with Crippen LogP contribution in [-0.4, -0.2) is 19.7 Å². The lowest BCUT2D eigenvalue weighted by molar-refractivity contribution is 0.617. The first-order valence-electron chi connectivity index (χ1n) is 5.35. The minimum absolute atomic E-state index is 0.245. The van der Waals surface area contributed by atoms with E-state index in [1.54, 1.807) is 19.1 Å². The van der Waals surface area contributed by atoms with Gasteiger partial charge in [-0.15, -0.1) is 0 Å². The second kappa shape index (κ2) is 3.76. The Morgan fingerprint density at radius 3 is 3.00 bits per heavy atom. The van der Waals surface area contributed by atoms with Gasteiger partial charge in [0.05, 0.1) is 18.2 Å². The second-order valence-corrected chi connectivity index (χ2v) is 3.96. The van der Waals surface area contributed by atoms with Gasteiger partial charge in [-0.2, -0.15) is 5.10 Å². The molecule has 90 valence electrons. The minimum atomic E-state index is -0.277. The Morgan fingerprint density at radius 2 is 2.22 bits per heavy atom. The number of nitrogens with one attached hydrogen (secondary N) is 1. The van der Waals surface area contributed by atoms with Crippen LogP contribution in [0.3, 0.4) is 0 Å². The Bertz CT molecular complexity index is 790. The van der Waals surface area contributed by atoms with E-state index < -0.39 is 0 Å². The zero-order valence-electron chi connectivity index (χ0n) is 9.51. The quantitative estimate of drug-likeness (QED) is 0.706. The van der Waals surface area contributed by atoms with Crippen LogP contribution in [0.25, 0.3) is 16.7 Å². The lowest BCUT2D eigenvalue weighted by Gasteiger charge is -2.04. The van der Waals surface area contributed by atoms with Crippen LogP contribution in [0.15, 0.2) is 35.5 Å². The minimum Gasteiger partial charge on any atom is -0.312 e. The van der Waals surface area contributed by atoms with E-state index >= 15 is 0 Å². The highest BCUT2D eigenvalue weighted by atomic mass is 19.1. The molecule has 0 bridgehead atoms. The Balaban J connectivity index is 2.29. The smallest absolute Gasteiger partial charge is 0.261 e. The number of aromatic nitrogens is 4. The topological polar surface area (TPSA) is 63.6 Å². The van der Waals surface area contributed by atoms with Crippen molar-refractivity contribution in [3.63, 3.8) is 0 Å². The van der Waals surface area contributed by atoms with Crippen LogP contribution in [0.4, 0.5) is 4.39 Å². The molecule has 0 aliphatic carbocycles. The van der Waals surface area contributed by atoms with Crippen LogP contribution in [-0.2, 0) is 0 Å². The standard InChI is InChI=1S/C12H9FN4O/c1-7-4-8(2-3-10(7)13)17-11-9(5-16-17)12(18)15-6-14-11/h2-6H,1H3,(H,14,15,18). The number of benzene rings is 1. The van der Waals surface area contributed by atoms with Gasteiger partial charge < -0.3 is 4.98 Å². The van der Waals surface area contributed by atoms with Gasteiger partial charge in [0.2, 0.25) is 0 Å². The molecule has 0 atom stereocenters. The summed E-state index contributed by atoms with van der Waals surface area (Å²) in [6, 6.07) is 4.62. The number of aryl methyl sites for hydroxylation is 1. The van der Waals surface area contributed by atoms with Gasteiger partial charge in [0.25, 0.3) is 5.56 Å². The van der Waals surface area contributed by atoms with Crippen LogP contribution in [0.5, 0.6) is 0 Å². The van der Waals surface area contributed by atoms with Crippen molar-refractivity contribution < 1.29 is 4.39 Å². The number of hydrogen-bond acceptors (Lipinski definition) is 3. The lowest BCUT2D eigenvalue weighted by Crippen LogP contribution is -2.06. The summed E-state index contributed by atoms with van der Waals surface area (Å²) in [6.07, 6.45) is 2.76. The van der Waals surface area contributed by atoms with Crippen molar-refractivity contribution in [2.24, 2.45) is 0 Å². The van der Waals surface area contributed by atoms with E-state index in [0.717, 1.165) is 0 Å². The van der Waals surface area contributed by atoms with Crippen molar-refractivity contribution in [1.29, 1.82) is 0 Å². The molecule has 0 aliphatic rings. The first-order chi connectivity index (χ1) is 8.66. The molecule has 0 amide bonds. The molecule has 0 saturated heterocycles. The van der Waals surface area contributed by atoms with Crippen molar-refractivity contribution in [3.8, 4) is 5.69 Å². The average Bonchev–Trinajstić information content (AvgIpc) is 2.78. The summed E-state index contributed by atoms with van der Waals surface area (Å²) in [4.78, 5) is 18.1. The summed E-state index contributed by atoms with van der Waals surface area (Å²) in [5.74, 6) is -0.277. The molecule has 2 aromatic heterocycles. The van der Waals surface area contributed by atoms with Crippen LogP contribution in [0.1, 0.15) is 5.56 Å². The van der Waals surface area contributed by atoms with Gasteiger partial charge in [-0.3, -0.25) is 4.79 Å². The van der Waals surface area contributed by atoms with Crippen molar-refractivity contribution in [3.05, 3.63) is 52.5 Å². The summed E-state index contributed by atoms with van der Waals surface area (Å²) in [6.45, 7) is 1.67. The number of aromatic amines is 1. The molecule has 0 radical (unpaired) electrons. The van der Waals surface area contributed by atoms with Gasteiger partial charge in [0.15, 0.2) is 5.65 Å². The molecule has 2 heterocycles. The Labute approximate surface area is 101 Å². The van der Waals surface area contributed by atoms with Gasteiger partial charge in [-0.05, 0) is 30.7 Å². The van der Waals surface area contributed by atoms with E-state index in [1.807, 2.05) is 0 Å². The first-order valence-corrected chi connectivity index (χ1v) is 5.35. The fourth-order valence-corrected chi connectivity index (χ4v) is 1.81. The van der Waals surface area contributed by atoms with Crippen molar-refractivity contribution in [1.82, 2.24) is 19.7 Å². The summed E-state index contributed by atoms with van der Waals surface area (Å²) in [5, 5.41) is 4.51. The highest BCUT2D eigenvalue weighted by Crippen LogP contribution is 2.16. The zero-order chi connectivity index (χ0) is 12.7. The molecule has 5 nitrogen and oxygen atoms in total. The number of nitrogens with zero attached hydrogens (tertiary/aromatic N) is 3. The van der Waals surface area contributed by atoms with Crippen molar-refractivity contribution in [2.75, 3.05) is 0 Å². The maximum Gasteiger partial charge on any atom is 0.261 e. The molecule has 0 fully saturated rings. The van der Waals surface area contributed by atoms with Gasteiger partial charge in [0, 0.05) is 0 Å². The fraction of sp³-hybridized carbons (Fsp3) is 0.0833. The Kier molecular flexibility index (Phi) is 2.22. The van der Waals surface area contributed by atoms with Crippen LogP contribution < -0.4 is 5.56 Å². The second-order valence-electron chi connectivity index (χ2n) is 3.96. The summed E-state index contributed by atoms with van der Waals surface area (Å²) in [7, 11) is 0. The van der Waals surface area contributed by atoms with Gasteiger partial charge >= 0.3 is 0 Å². The molecule has 1 aromatic carbocycles. The Hall–Kier alpha value is -2.50. The van der Waals surface area contributed by atoms with Crippen LogP contribution >= 0.6 is 0 Å². The third-order valence-electron chi connectivity index (χ3n) is 2.76. The van der Waals surface area contributed by atoms with Crippen molar-refractivity contribution in [2.45, 2.75) is 6.92 Å². The summed E-state index contributed by atoms with van der Waals surface area (Å²) in [5.41, 5.74) is 1.39. The molecule has 1 N–H and O–H groups in total. The normalized spacial score (nSPS) is 11.0. The SMILES string of the molecule is Cc1cc(-n2ncc3c(=O)[nH]cnc32)ccc1F. The highest BCUT2D eigenvalue weighted by molar-refractivity contribution is 5.74.